The first-order valence-electron chi connectivity index (χ1n) is 6.68. The molecule has 0 bridgehead atoms. The van der Waals surface area contributed by atoms with E-state index >= 15 is 0 Å². The number of nitrogens with one attached hydrogen (secondary N) is 2. The Morgan fingerprint density at radius 1 is 1.00 bits per heavy atom. The highest BCUT2D eigenvalue weighted by Gasteiger charge is 2.13. The van der Waals surface area contributed by atoms with Crippen molar-refractivity contribution in [3.63, 3.8) is 0 Å². The molecule has 0 unspecified atom stereocenters. The predicted molar refractivity (Wildman–Crippen MR) is 91.3 cm³/mol. The topological polar surface area (TPSA) is 75.3 Å². The summed E-state index contributed by atoms with van der Waals surface area (Å²) in [7, 11) is -3.61. The zero-order chi connectivity index (χ0) is 16.9. The molecular weight excluding hydrogens is 359 g/mol. The van der Waals surface area contributed by atoms with Gasteiger partial charge in [-0.15, -0.1) is 0 Å². The summed E-state index contributed by atoms with van der Waals surface area (Å²) in [5.74, 6) is -0.334. The Morgan fingerprint density at radius 2 is 1.70 bits per heavy atom. The molecule has 2 N–H and O–H groups in total. The SMILES string of the molecule is O=C(CCNS(=O)(=O)c1ccccc1)Nc1ccc(Cl)c(Cl)c1. The number of benzene rings is 2. The molecular formula is C15H14Cl2N2O3S. The van der Waals surface area contributed by atoms with Crippen molar-refractivity contribution in [3.8, 4) is 0 Å². The molecule has 0 aliphatic carbocycles. The van der Waals surface area contributed by atoms with E-state index in [2.05, 4.69) is 10.0 Å². The van der Waals surface area contributed by atoms with Gasteiger partial charge in [0.2, 0.25) is 15.9 Å². The second-order valence-corrected chi connectivity index (χ2v) is 7.22. The molecule has 0 saturated carbocycles. The first-order valence-corrected chi connectivity index (χ1v) is 8.92. The number of rotatable bonds is 6. The van der Waals surface area contributed by atoms with Gasteiger partial charge >= 0.3 is 0 Å². The molecule has 0 atom stereocenters. The maximum absolute atomic E-state index is 12.0. The largest absolute Gasteiger partial charge is 0.326 e. The molecule has 0 aromatic heterocycles. The van der Waals surface area contributed by atoms with Gasteiger partial charge in [-0.3, -0.25) is 4.79 Å². The lowest BCUT2D eigenvalue weighted by Gasteiger charge is -2.08. The van der Waals surface area contributed by atoms with Crippen LogP contribution in [-0.4, -0.2) is 20.9 Å². The van der Waals surface area contributed by atoms with Crippen LogP contribution in [-0.2, 0) is 14.8 Å². The van der Waals surface area contributed by atoms with Crippen LogP contribution in [0.25, 0.3) is 0 Å². The van der Waals surface area contributed by atoms with Crippen molar-refractivity contribution in [1.29, 1.82) is 0 Å². The lowest BCUT2D eigenvalue weighted by Crippen LogP contribution is -2.27. The molecule has 0 fully saturated rings. The van der Waals surface area contributed by atoms with E-state index in [1.54, 1.807) is 30.3 Å². The van der Waals surface area contributed by atoms with Gasteiger partial charge in [0.1, 0.15) is 0 Å². The Labute approximate surface area is 144 Å². The molecule has 2 aromatic rings. The van der Waals surface area contributed by atoms with E-state index in [-0.39, 0.29) is 23.8 Å². The highest BCUT2D eigenvalue weighted by atomic mass is 35.5. The number of sulfonamides is 1. The highest BCUT2D eigenvalue weighted by molar-refractivity contribution is 7.89. The summed E-state index contributed by atoms with van der Waals surface area (Å²) >= 11 is 11.6. The van der Waals surface area contributed by atoms with E-state index in [4.69, 9.17) is 23.2 Å². The monoisotopic (exact) mass is 372 g/mol. The Morgan fingerprint density at radius 3 is 2.35 bits per heavy atom. The molecule has 0 radical (unpaired) electrons. The van der Waals surface area contributed by atoms with Gasteiger partial charge in [-0.05, 0) is 30.3 Å². The van der Waals surface area contributed by atoms with Crippen LogP contribution in [0.1, 0.15) is 6.42 Å². The number of anilines is 1. The Kier molecular flexibility index (Phi) is 6.01. The number of hydrogen-bond acceptors (Lipinski definition) is 3. The second kappa shape index (κ2) is 7.79. The summed E-state index contributed by atoms with van der Waals surface area (Å²) in [6, 6.07) is 12.7. The molecule has 0 spiro atoms. The van der Waals surface area contributed by atoms with Crippen molar-refractivity contribution in [3.05, 3.63) is 58.6 Å². The summed E-state index contributed by atoms with van der Waals surface area (Å²) < 4.78 is 26.3. The fourth-order valence-corrected chi connectivity index (χ4v) is 3.13. The Balaban J connectivity index is 1.86. The number of carbonyl (C=O) groups excluding carboxylic acids is 1. The van der Waals surface area contributed by atoms with E-state index in [9.17, 15) is 13.2 Å². The maximum Gasteiger partial charge on any atom is 0.240 e. The smallest absolute Gasteiger partial charge is 0.240 e. The lowest BCUT2D eigenvalue weighted by atomic mass is 10.3. The molecule has 2 rings (SSSR count). The number of halogens is 2. The summed E-state index contributed by atoms with van der Waals surface area (Å²) in [6.45, 7) is -0.00954. The predicted octanol–water partition coefficient (Wildman–Crippen LogP) is 3.30. The summed E-state index contributed by atoms with van der Waals surface area (Å²) in [5, 5.41) is 3.34. The van der Waals surface area contributed by atoms with E-state index in [0.717, 1.165) is 0 Å². The van der Waals surface area contributed by atoms with Crippen molar-refractivity contribution < 1.29 is 13.2 Å². The lowest BCUT2D eigenvalue weighted by molar-refractivity contribution is -0.116. The van der Waals surface area contributed by atoms with Gasteiger partial charge in [0, 0.05) is 18.7 Å². The average Bonchev–Trinajstić information content (AvgIpc) is 2.52. The minimum absolute atomic E-state index is 0.00763. The normalized spacial score (nSPS) is 11.2. The molecule has 0 aliphatic rings. The minimum atomic E-state index is -3.61. The van der Waals surface area contributed by atoms with Crippen molar-refractivity contribution >= 4 is 44.8 Å². The Bertz CT molecular complexity index is 796. The van der Waals surface area contributed by atoms with Crippen LogP contribution in [0.15, 0.2) is 53.4 Å². The molecule has 5 nitrogen and oxygen atoms in total. The van der Waals surface area contributed by atoms with E-state index in [1.807, 2.05) is 0 Å². The summed E-state index contributed by atoms with van der Waals surface area (Å²) in [6.07, 6.45) is -0.00763. The van der Waals surface area contributed by atoms with E-state index < -0.39 is 10.0 Å². The zero-order valence-electron chi connectivity index (χ0n) is 11.9. The van der Waals surface area contributed by atoms with Gasteiger partial charge in [-0.2, -0.15) is 0 Å². The second-order valence-electron chi connectivity index (χ2n) is 4.64. The van der Waals surface area contributed by atoms with Crippen molar-refractivity contribution in [1.82, 2.24) is 4.72 Å². The third-order valence-electron chi connectivity index (χ3n) is 2.90. The third kappa shape index (κ3) is 5.21. The number of hydrogen-bond donors (Lipinski definition) is 2. The van der Waals surface area contributed by atoms with Gasteiger partial charge in [0.25, 0.3) is 0 Å². The van der Waals surface area contributed by atoms with Crippen LogP contribution in [0.4, 0.5) is 5.69 Å². The van der Waals surface area contributed by atoms with Crippen LogP contribution in [0.3, 0.4) is 0 Å². The van der Waals surface area contributed by atoms with Gasteiger partial charge < -0.3 is 5.32 Å². The minimum Gasteiger partial charge on any atom is -0.326 e. The molecule has 8 heteroatoms. The van der Waals surface area contributed by atoms with Crippen LogP contribution in [0.5, 0.6) is 0 Å². The molecule has 2 aromatic carbocycles. The summed E-state index contributed by atoms with van der Waals surface area (Å²) in [4.78, 5) is 12.0. The van der Waals surface area contributed by atoms with Crippen molar-refractivity contribution in [2.45, 2.75) is 11.3 Å². The van der Waals surface area contributed by atoms with Gasteiger partial charge in [-0.25, -0.2) is 13.1 Å². The van der Waals surface area contributed by atoms with Crippen molar-refractivity contribution in [2.75, 3.05) is 11.9 Å². The fraction of sp³-hybridized carbons (Fsp3) is 0.133. The highest BCUT2D eigenvalue weighted by Crippen LogP contribution is 2.24. The molecule has 1 amide bonds. The standard InChI is InChI=1S/C15H14Cl2N2O3S/c16-13-7-6-11(10-14(13)17)19-15(20)8-9-18-23(21,22)12-4-2-1-3-5-12/h1-7,10,18H,8-9H2,(H,19,20). The number of carbonyl (C=O) groups is 1. The van der Waals surface area contributed by atoms with Crippen LogP contribution < -0.4 is 10.0 Å². The number of amides is 1. The molecule has 122 valence electrons. The molecule has 0 aliphatic heterocycles. The maximum atomic E-state index is 12.0. The van der Waals surface area contributed by atoms with Crippen LogP contribution >= 0.6 is 23.2 Å². The van der Waals surface area contributed by atoms with Gasteiger partial charge in [-0.1, -0.05) is 41.4 Å². The average molecular weight is 373 g/mol. The molecule has 23 heavy (non-hydrogen) atoms. The first-order chi connectivity index (χ1) is 10.9. The van der Waals surface area contributed by atoms with Gasteiger partial charge in [0.05, 0.1) is 14.9 Å². The molecule has 0 saturated heterocycles. The van der Waals surface area contributed by atoms with Crippen LogP contribution in [0.2, 0.25) is 10.0 Å². The third-order valence-corrected chi connectivity index (χ3v) is 5.12. The fourth-order valence-electron chi connectivity index (χ4n) is 1.78. The first kappa shape index (κ1) is 17.7. The van der Waals surface area contributed by atoms with E-state index in [1.165, 1.54) is 18.2 Å². The van der Waals surface area contributed by atoms with Crippen LogP contribution in [0, 0.1) is 0 Å². The van der Waals surface area contributed by atoms with E-state index in [0.29, 0.717) is 15.7 Å². The summed E-state index contributed by atoms with van der Waals surface area (Å²) in [5.41, 5.74) is 0.496. The van der Waals surface area contributed by atoms with Gasteiger partial charge in [0.15, 0.2) is 0 Å². The Hall–Kier alpha value is -1.60. The quantitative estimate of drug-likeness (QED) is 0.816. The molecule has 0 heterocycles. The van der Waals surface area contributed by atoms with Crippen molar-refractivity contribution in [2.24, 2.45) is 0 Å². The zero-order valence-corrected chi connectivity index (χ0v) is 14.3.